The van der Waals surface area contributed by atoms with E-state index in [2.05, 4.69) is 83.4 Å². The zero-order valence-corrected chi connectivity index (χ0v) is 21.6. The fraction of sp³-hybridized carbons (Fsp3) is 0.889. The average Bonchev–Trinajstić information content (AvgIpc) is 2.38. The van der Waals surface area contributed by atoms with Gasteiger partial charge in [0.05, 0.1) is 0 Å². The lowest BCUT2D eigenvalue weighted by molar-refractivity contribution is 0.326. The van der Waals surface area contributed by atoms with Crippen LogP contribution in [0.3, 0.4) is 0 Å². The Kier molecular flexibility index (Phi) is 10.6. The van der Waals surface area contributed by atoms with Crippen molar-refractivity contribution in [2.24, 2.45) is 5.92 Å². The van der Waals surface area contributed by atoms with Crippen LogP contribution in [0.4, 0.5) is 0 Å². The molecule has 0 aliphatic rings. The topological polar surface area (TPSA) is 33.7 Å². The molecule has 0 aromatic rings. The molecular formula is C18H44N2O2Si3. The Morgan fingerprint density at radius 3 is 2.08 bits per heavy atom. The Bertz CT molecular complexity index is 415. The molecule has 0 saturated carbocycles. The van der Waals surface area contributed by atoms with Crippen LogP contribution >= 0.6 is 0 Å². The summed E-state index contributed by atoms with van der Waals surface area (Å²) in [4.78, 5) is 0. The first kappa shape index (κ1) is 25.2. The minimum atomic E-state index is -2.17. The molecule has 0 spiro atoms. The third-order valence-electron chi connectivity index (χ3n) is 4.20. The Hall–Kier alpha value is 0.231. The van der Waals surface area contributed by atoms with Gasteiger partial charge in [-0.2, -0.15) is 0 Å². The largest absolute Gasteiger partial charge is 0.436 e. The smallest absolute Gasteiger partial charge is 0.312 e. The first-order valence-corrected chi connectivity index (χ1v) is 18.5. The number of hydrogen-bond donors (Lipinski definition) is 1. The van der Waals surface area contributed by atoms with Gasteiger partial charge in [-0.1, -0.05) is 32.9 Å². The van der Waals surface area contributed by atoms with E-state index in [0.29, 0.717) is 5.92 Å². The highest BCUT2D eigenvalue weighted by Gasteiger charge is 2.42. The lowest BCUT2D eigenvalue weighted by atomic mass is 10.2. The molecule has 25 heavy (non-hydrogen) atoms. The minimum absolute atomic E-state index is 0.646. The molecule has 1 atom stereocenters. The Morgan fingerprint density at radius 2 is 1.64 bits per heavy atom. The van der Waals surface area contributed by atoms with Crippen molar-refractivity contribution >= 4 is 25.4 Å². The summed E-state index contributed by atoms with van der Waals surface area (Å²) in [5.74, 6) is 0.646. The van der Waals surface area contributed by atoms with Gasteiger partial charge in [-0.15, -0.1) is 0 Å². The molecule has 0 aliphatic heterocycles. The average molecular weight is 405 g/mol. The van der Waals surface area contributed by atoms with E-state index in [-0.39, 0.29) is 0 Å². The molecule has 0 aromatic heterocycles. The third kappa shape index (κ3) is 10.8. The zero-order chi connectivity index (χ0) is 19.9. The predicted octanol–water partition coefficient (Wildman–Crippen LogP) is 4.77. The monoisotopic (exact) mass is 404 g/mol. The number of nitrogens with zero attached hydrogens (tertiary/aromatic N) is 1. The van der Waals surface area contributed by atoms with Crippen molar-refractivity contribution in [1.82, 2.24) is 9.88 Å². The molecule has 1 unspecified atom stereocenters. The maximum absolute atomic E-state index is 6.74. The van der Waals surface area contributed by atoms with E-state index in [4.69, 9.17) is 8.23 Å². The van der Waals surface area contributed by atoms with E-state index in [1.807, 2.05) is 0 Å². The molecule has 0 saturated heterocycles. The number of rotatable bonds is 13. The molecule has 150 valence electrons. The maximum Gasteiger partial charge on any atom is 0.312 e. The summed E-state index contributed by atoms with van der Waals surface area (Å²) >= 11 is 0. The number of likely N-dealkylation sites (N-methyl/N-ethyl adjacent to an activating group) is 1. The van der Waals surface area contributed by atoms with Crippen LogP contribution in [0.1, 0.15) is 27.7 Å². The summed E-state index contributed by atoms with van der Waals surface area (Å²) in [7, 11) is -5.89. The van der Waals surface area contributed by atoms with E-state index < -0.39 is 25.4 Å². The van der Waals surface area contributed by atoms with Crippen molar-refractivity contribution in [2.45, 2.75) is 73.0 Å². The molecule has 0 heterocycles. The van der Waals surface area contributed by atoms with Gasteiger partial charge in [-0.25, -0.2) is 0 Å². The van der Waals surface area contributed by atoms with Gasteiger partial charge in [0.2, 0.25) is 0 Å². The second kappa shape index (κ2) is 10.5. The molecular weight excluding hydrogens is 360 g/mol. The first-order chi connectivity index (χ1) is 11.2. The highest BCUT2D eigenvalue weighted by atomic mass is 28.5. The van der Waals surface area contributed by atoms with Crippen LogP contribution in [0, 0.1) is 5.92 Å². The third-order valence-corrected chi connectivity index (χ3v) is 16.0. The van der Waals surface area contributed by atoms with E-state index in [0.717, 1.165) is 26.2 Å². The van der Waals surface area contributed by atoms with Crippen LogP contribution in [-0.2, 0) is 8.23 Å². The van der Waals surface area contributed by atoms with E-state index >= 15 is 0 Å². The molecule has 0 aliphatic carbocycles. The summed E-state index contributed by atoms with van der Waals surface area (Å²) in [6, 6.07) is 1.17. The molecule has 0 fully saturated rings. The highest BCUT2D eigenvalue weighted by Crippen LogP contribution is 2.26. The molecule has 0 bridgehead atoms. The summed E-state index contributed by atoms with van der Waals surface area (Å²) < 4.78 is 15.9. The Balaban J connectivity index is 4.90. The minimum Gasteiger partial charge on any atom is -0.436 e. The highest BCUT2D eigenvalue weighted by molar-refractivity contribution is 6.87. The molecule has 4 nitrogen and oxygen atoms in total. The molecule has 0 radical (unpaired) electrons. The number of hydrogen-bond acceptors (Lipinski definition) is 4. The predicted molar refractivity (Wildman–Crippen MR) is 119 cm³/mol. The van der Waals surface area contributed by atoms with Crippen molar-refractivity contribution in [1.29, 1.82) is 0 Å². The van der Waals surface area contributed by atoms with Crippen molar-refractivity contribution in [3.8, 4) is 0 Å². The lowest BCUT2D eigenvalue weighted by Crippen LogP contribution is -2.60. The molecule has 0 aromatic carbocycles. The van der Waals surface area contributed by atoms with Gasteiger partial charge in [0.25, 0.3) is 8.48 Å². The van der Waals surface area contributed by atoms with Gasteiger partial charge in [0, 0.05) is 6.54 Å². The van der Waals surface area contributed by atoms with E-state index in [1.165, 1.54) is 11.6 Å². The standard InChI is InChI=1S/C18H44N2O2Si3/c1-12-19-14-18(5)16-23(6,7)21-25(10,11)22-24(8,9)20(13-2)15-17(3)4/h18-19H,3,12-16H2,1-2,4-11H3. The van der Waals surface area contributed by atoms with Crippen LogP contribution in [0.2, 0.25) is 45.3 Å². The Labute approximate surface area is 161 Å². The van der Waals surface area contributed by atoms with Crippen LogP contribution in [0.15, 0.2) is 12.2 Å². The zero-order valence-electron chi connectivity index (χ0n) is 18.6. The first-order valence-electron chi connectivity index (χ1n) is 9.75. The van der Waals surface area contributed by atoms with Gasteiger partial charge in [-0.05, 0) is 77.8 Å². The van der Waals surface area contributed by atoms with Gasteiger partial charge in [-0.3, -0.25) is 4.57 Å². The molecule has 0 rings (SSSR count). The second-order valence-corrected chi connectivity index (χ2v) is 20.8. The number of nitrogens with one attached hydrogen (secondary N) is 1. The Morgan fingerprint density at radius 1 is 1.08 bits per heavy atom. The van der Waals surface area contributed by atoms with E-state index in [9.17, 15) is 0 Å². The molecule has 7 heteroatoms. The maximum atomic E-state index is 6.74. The summed E-state index contributed by atoms with van der Waals surface area (Å²) in [6.45, 7) is 30.6. The van der Waals surface area contributed by atoms with Gasteiger partial charge < -0.3 is 13.5 Å². The van der Waals surface area contributed by atoms with Gasteiger partial charge >= 0.3 is 8.56 Å². The fourth-order valence-electron chi connectivity index (χ4n) is 3.70. The molecule has 1 N–H and O–H groups in total. The summed E-state index contributed by atoms with van der Waals surface area (Å²) in [5.41, 5.74) is 1.19. The van der Waals surface area contributed by atoms with Crippen molar-refractivity contribution < 1.29 is 8.23 Å². The van der Waals surface area contributed by atoms with Crippen molar-refractivity contribution in [2.75, 3.05) is 26.2 Å². The van der Waals surface area contributed by atoms with Crippen LogP contribution < -0.4 is 5.32 Å². The molecule has 0 amide bonds. The van der Waals surface area contributed by atoms with Crippen LogP contribution in [-0.4, -0.2) is 56.1 Å². The van der Waals surface area contributed by atoms with Gasteiger partial charge in [0.15, 0.2) is 8.32 Å². The van der Waals surface area contributed by atoms with Crippen molar-refractivity contribution in [3.05, 3.63) is 12.2 Å². The second-order valence-electron chi connectivity index (χ2n) is 8.90. The summed E-state index contributed by atoms with van der Waals surface area (Å²) in [6.07, 6.45) is 0. The van der Waals surface area contributed by atoms with Gasteiger partial charge in [0.1, 0.15) is 0 Å². The summed E-state index contributed by atoms with van der Waals surface area (Å²) in [5, 5.41) is 3.45. The van der Waals surface area contributed by atoms with Crippen LogP contribution in [0.25, 0.3) is 0 Å². The lowest BCUT2D eigenvalue weighted by Gasteiger charge is -2.43. The van der Waals surface area contributed by atoms with Crippen LogP contribution in [0.5, 0.6) is 0 Å². The normalized spacial score (nSPS) is 14.8. The van der Waals surface area contributed by atoms with Crippen molar-refractivity contribution in [3.63, 3.8) is 0 Å². The fourth-order valence-corrected chi connectivity index (χ4v) is 18.5. The van der Waals surface area contributed by atoms with E-state index in [1.54, 1.807) is 0 Å². The SMILES string of the molecule is C=C(C)CN(CC)[Si](C)(C)O[Si](C)(C)O[Si](C)(C)CC(C)CNCC. The quantitative estimate of drug-likeness (QED) is 0.354.